The molecular formula is C54H51N4OPt-. The van der Waals surface area contributed by atoms with Crippen LogP contribution in [0.4, 0.5) is 22.7 Å². The van der Waals surface area contributed by atoms with E-state index >= 15 is 0 Å². The fourth-order valence-corrected chi connectivity index (χ4v) is 9.27. The molecule has 0 aliphatic carbocycles. The summed E-state index contributed by atoms with van der Waals surface area (Å²) in [4.78, 5) is 4.92. The van der Waals surface area contributed by atoms with Crippen molar-refractivity contribution >= 4 is 44.6 Å². The van der Waals surface area contributed by atoms with Gasteiger partial charge in [0.2, 0.25) is 11.4 Å². The van der Waals surface area contributed by atoms with Gasteiger partial charge in [-0.05, 0) is 62.1 Å². The first kappa shape index (κ1) is 40.1. The summed E-state index contributed by atoms with van der Waals surface area (Å²) in [6.07, 6.45) is 1.92. The zero-order valence-electron chi connectivity index (χ0n) is 35.9. The van der Waals surface area contributed by atoms with E-state index < -0.39 is 0 Å². The number of fused-ring (bicyclic) bond motifs is 7. The number of benzene rings is 6. The minimum Gasteiger partial charge on any atom is -0.509 e. The van der Waals surface area contributed by atoms with Gasteiger partial charge in [0.1, 0.15) is 5.82 Å². The summed E-state index contributed by atoms with van der Waals surface area (Å²) >= 11 is 0. The van der Waals surface area contributed by atoms with Crippen LogP contribution in [0.2, 0.25) is 0 Å². The van der Waals surface area contributed by atoms with Crippen LogP contribution in [-0.2, 0) is 37.3 Å². The average Bonchev–Trinajstić information content (AvgIpc) is 3.70. The first-order chi connectivity index (χ1) is 28.1. The summed E-state index contributed by atoms with van der Waals surface area (Å²) in [6, 6.07) is 55.6. The van der Waals surface area contributed by atoms with Crippen LogP contribution in [0.1, 0.15) is 79.0 Å². The van der Waals surface area contributed by atoms with Crippen molar-refractivity contribution in [2.24, 2.45) is 0 Å². The number of rotatable bonds is 6. The Kier molecular flexibility index (Phi) is 9.26. The molecule has 60 heavy (non-hydrogen) atoms. The second-order valence-electron chi connectivity index (χ2n) is 19.3. The molecule has 2 aliphatic heterocycles. The Morgan fingerprint density at radius 1 is 0.567 bits per heavy atom. The molecule has 0 spiro atoms. The molecule has 5 nitrogen and oxygen atoms in total. The van der Waals surface area contributed by atoms with Gasteiger partial charge in [-0.15, -0.1) is 29.7 Å². The number of para-hydroxylation sites is 2. The van der Waals surface area contributed by atoms with Crippen molar-refractivity contribution in [3.8, 4) is 28.4 Å². The Labute approximate surface area is 369 Å². The van der Waals surface area contributed by atoms with Gasteiger partial charge >= 0.3 is 0 Å². The first-order valence-electron chi connectivity index (χ1n) is 20.7. The van der Waals surface area contributed by atoms with E-state index in [0.717, 1.165) is 27.9 Å². The molecule has 1 fully saturated rings. The summed E-state index contributed by atoms with van der Waals surface area (Å²) in [6.45, 7) is 22.9. The Morgan fingerprint density at radius 3 is 1.93 bits per heavy atom. The van der Waals surface area contributed by atoms with E-state index in [9.17, 15) is 0 Å². The molecule has 4 heterocycles. The normalized spacial score (nSPS) is 18.4. The number of nitrogens with zero attached hydrogens (tertiary/aromatic N) is 4. The molecule has 0 N–H and O–H groups in total. The van der Waals surface area contributed by atoms with Gasteiger partial charge in [0.25, 0.3) is 0 Å². The molecule has 2 aliphatic rings. The minimum atomic E-state index is -0.0565. The molecule has 0 bridgehead atoms. The molecule has 6 heteroatoms. The molecule has 1 unspecified atom stereocenters. The van der Waals surface area contributed by atoms with Crippen LogP contribution in [0.25, 0.3) is 38.8 Å². The second kappa shape index (κ2) is 13.9. The Morgan fingerprint density at radius 2 is 1.22 bits per heavy atom. The molecular weight excluding hydrogens is 916 g/mol. The summed E-state index contributed by atoms with van der Waals surface area (Å²) in [5, 5.41) is 2.29. The zero-order valence-corrected chi connectivity index (χ0v) is 38.1. The van der Waals surface area contributed by atoms with Crippen molar-refractivity contribution in [1.82, 2.24) is 18.7 Å². The number of ether oxygens (including phenoxy) is 1. The molecule has 2 atom stereocenters. The van der Waals surface area contributed by atoms with Crippen molar-refractivity contribution in [2.75, 3.05) is 0 Å². The Bertz CT molecular complexity index is 2960. The summed E-state index contributed by atoms with van der Waals surface area (Å²) in [7, 11) is 0. The van der Waals surface area contributed by atoms with Gasteiger partial charge in [0.15, 0.2) is 12.4 Å². The van der Waals surface area contributed by atoms with Gasteiger partial charge in [0, 0.05) is 68.0 Å². The van der Waals surface area contributed by atoms with Gasteiger partial charge in [-0.1, -0.05) is 141 Å². The van der Waals surface area contributed by atoms with Crippen LogP contribution < -0.4 is 13.9 Å². The monoisotopic (exact) mass is 966 g/mol. The van der Waals surface area contributed by atoms with Gasteiger partial charge < -0.3 is 9.30 Å². The number of hydrogen-bond donors (Lipinski definition) is 0. The van der Waals surface area contributed by atoms with E-state index in [0.29, 0.717) is 20.7 Å². The Hall–Kier alpha value is -5.32. The van der Waals surface area contributed by atoms with Crippen molar-refractivity contribution in [1.29, 1.82) is 0 Å². The van der Waals surface area contributed by atoms with Gasteiger partial charge in [-0.2, -0.15) is 16.7 Å². The third kappa shape index (κ3) is 6.04. The van der Waals surface area contributed by atoms with Crippen LogP contribution in [0, 0.1) is 18.8 Å². The largest absolute Gasteiger partial charge is 0.509 e. The van der Waals surface area contributed by atoms with Gasteiger partial charge in [-0.3, -0.25) is 0 Å². The van der Waals surface area contributed by atoms with E-state index in [1.54, 1.807) is 0 Å². The van der Waals surface area contributed by atoms with Gasteiger partial charge in [-0.25, -0.2) is 9.58 Å². The quantitative estimate of drug-likeness (QED) is 0.0943. The number of hydrogen-bond acceptors (Lipinski definition) is 2. The summed E-state index contributed by atoms with van der Waals surface area (Å²) in [5.41, 5.74) is 13.1. The maximum atomic E-state index is 6.76. The fourth-order valence-electron chi connectivity index (χ4n) is 9.27. The van der Waals surface area contributed by atoms with E-state index in [4.69, 9.17) is 9.72 Å². The standard InChI is InChI=1S/C54H51N4O.Pt/c1-52(2,3)37-25-28-45-43(31-37)42-27-26-41(34-46(42)56(45)50-32-38(29-30-55-50)53(4,5)6)59-40-20-15-19-39(33-40)57-35-58(57,48-23-14-13-22-47(48)57)49-24-16-21-44(54(7,8)9)51(49)36-17-11-10-12-18-36;/h10-32,35H,1-9H3;/q-1;/t57?,58-;/m1./s1. The second-order valence-corrected chi connectivity index (χ2v) is 19.3. The molecule has 8 aromatic rings. The number of aromatic nitrogens is 2. The Balaban J connectivity index is 0.00000462. The van der Waals surface area contributed by atoms with Crippen molar-refractivity contribution in [2.45, 2.75) is 78.6 Å². The maximum Gasteiger partial charge on any atom is 0.225 e. The van der Waals surface area contributed by atoms with Crippen LogP contribution in [0.3, 0.4) is 0 Å². The first-order valence-corrected chi connectivity index (χ1v) is 20.7. The molecule has 304 valence electrons. The van der Waals surface area contributed by atoms with E-state index in [1.807, 2.05) is 18.3 Å². The molecule has 2 aromatic heterocycles. The third-order valence-electron chi connectivity index (χ3n) is 12.4. The molecule has 6 aromatic carbocycles. The molecule has 0 saturated carbocycles. The third-order valence-corrected chi connectivity index (χ3v) is 12.4. The number of quaternary nitrogens is 2. The van der Waals surface area contributed by atoms with Crippen LogP contribution in [-0.4, -0.2) is 9.55 Å². The summed E-state index contributed by atoms with van der Waals surface area (Å²) in [5.74, 6) is 2.14. The maximum absolute atomic E-state index is 6.76. The van der Waals surface area contributed by atoms with Crippen LogP contribution >= 0.6 is 0 Å². The van der Waals surface area contributed by atoms with Crippen LogP contribution in [0.5, 0.6) is 11.5 Å². The zero-order chi connectivity index (χ0) is 41.1. The molecule has 0 radical (unpaired) electrons. The minimum absolute atomic E-state index is 0. The SMILES string of the molecule is CC(C)(C)c1ccnc(-n2c3[c-]c(Oc4[c-]c([N+]56[CH-][N@+]5(c5cccc(C(C)(C)C)c5-c5ccccc5)c5ccccc56)ccc4)ccc3c3cc(C(C)(C)C)ccc32)c1.[Pt]. The summed E-state index contributed by atoms with van der Waals surface area (Å²) < 4.78 is 10.1. The molecule has 1 saturated heterocycles. The van der Waals surface area contributed by atoms with E-state index in [1.165, 1.54) is 50.3 Å². The fraction of sp³-hybridized carbons (Fsp3) is 0.222. The van der Waals surface area contributed by atoms with E-state index in [2.05, 4.69) is 207 Å². The van der Waals surface area contributed by atoms with Gasteiger partial charge in [0.05, 0.1) is 5.69 Å². The van der Waals surface area contributed by atoms with Crippen molar-refractivity contribution in [3.63, 3.8) is 0 Å². The van der Waals surface area contributed by atoms with Crippen molar-refractivity contribution in [3.05, 3.63) is 175 Å². The van der Waals surface area contributed by atoms with E-state index in [-0.39, 0.29) is 37.3 Å². The predicted octanol–water partition coefficient (Wildman–Crippen LogP) is 14.5. The molecule has 10 rings (SSSR count). The van der Waals surface area contributed by atoms with Crippen LogP contribution in [0.15, 0.2) is 140 Å². The smallest absolute Gasteiger partial charge is 0.225 e. The van der Waals surface area contributed by atoms with Crippen molar-refractivity contribution < 1.29 is 25.8 Å². The number of pyridine rings is 1. The topological polar surface area (TPSA) is 27.1 Å². The molecule has 0 amide bonds. The average molecular weight is 967 g/mol. The predicted molar refractivity (Wildman–Crippen MR) is 244 cm³/mol.